The predicted molar refractivity (Wildman–Crippen MR) is 70.8 cm³/mol. The second-order valence-corrected chi connectivity index (χ2v) is 5.56. The van der Waals surface area contributed by atoms with Crippen molar-refractivity contribution in [1.29, 1.82) is 0 Å². The van der Waals surface area contributed by atoms with E-state index < -0.39 is 17.2 Å². The number of hydrogen-bond acceptors (Lipinski definition) is 2. The molecule has 2 N–H and O–H groups in total. The van der Waals surface area contributed by atoms with Crippen LogP contribution >= 0.6 is 0 Å². The van der Waals surface area contributed by atoms with Crippen molar-refractivity contribution in [2.45, 2.75) is 50.7 Å². The summed E-state index contributed by atoms with van der Waals surface area (Å²) in [4.78, 5) is 0. The summed E-state index contributed by atoms with van der Waals surface area (Å²) in [7, 11) is 0. The Morgan fingerprint density at radius 2 is 1.89 bits per heavy atom. The van der Waals surface area contributed by atoms with Crippen LogP contribution < -0.4 is 5.32 Å². The zero-order chi connectivity index (χ0) is 13.9. The van der Waals surface area contributed by atoms with Gasteiger partial charge in [0.15, 0.2) is 11.6 Å². The molecule has 1 saturated carbocycles. The first-order valence-corrected chi connectivity index (χ1v) is 6.91. The van der Waals surface area contributed by atoms with Crippen molar-refractivity contribution in [1.82, 2.24) is 5.32 Å². The molecule has 1 aromatic rings. The summed E-state index contributed by atoms with van der Waals surface area (Å²) in [6.07, 6.45) is 4.91. The maximum Gasteiger partial charge on any atom is 0.159 e. The third kappa shape index (κ3) is 3.74. The molecule has 4 heteroatoms. The number of nitrogens with one attached hydrogen (secondary N) is 1. The minimum atomic E-state index is -0.832. The minimum Gasteiger partial charge on any atom is -0.389 e. The van der Waals surface area contributed by atoms with Gasteiger partial charge < -0.3 is 10.4 Å². The molecular weight excluding hydrogens is 248 g/mol. The lowest BCUT2D eigenvalue weighted by molar-refractivity contribution is 0.00299. The maximum atomic E-state index is 13.2. The molecule has 0 bridgehead atoms. The Labute approximate surface area is 112 Å². The van der Waals surface area contributed by atoms with E-state index in [0.29, 0.717) is 12.1 Å². The monoisotopic (exact) mass is 269 g/mol. The van der Waals surface area contributed by atoms with Gasteiger partial charge in [0.05, 0.1) is 5.60 Å². The molecule has 2 nitrogen and oxygen atoms in total. The summed E-state index contributed by atoms with van der Waals surface area (Å²) >= 11 is 0. The lowest BCUT2D eigenvalue weighted by Gasteiger charge is -2.33. The van der Waals surface area contributed by atoms with E-state index in [4.69, 9.17) is 0 Å². The Hall–Kier alpha value is -1.00. The van der Waals surface area contributed by atoms with Gasteiger partial charge in [0, 0.05) is 12.6 Å². The van der Waals surface area contributed by atoms with Crippen molar-refractivity contribution in [3.05, 3.63) is 35.4 Å². The molecule has 0 spiro atoms. The lowest BCUT2D eigenvalue weighted by atomic mass is 9.84. The third-order valence-electron chi connectivity index (χ3n) is 3.97. The Bertz CT molecular complexity index is 430. The molecule has 1 atom stereocenters. The van der Waals surface area contributed by atoms with Gasteiger partial charge in [-0.05, 0) is 37.5 Å². The molecular formula is C15H21F2NO. The maximum absolute atomic E-state index is 13.2. The van der Waals surface area contributed by atoms with Crippen LogP contribution in [0.5, 0.6) is 0 Å². The average Bonchev–Trinajstić information content (AvgIpc) is 2.40. The summed E-state index contributed by atoms with van der Waals surface area (Å²) in [5.41, 5.74) is 0.0451. The molecule has 2 rings (SSSR count). The molecule has 0 saturated heterocycles. The highest BCUT2D eigenvalue weighted by atomic mass is 19.2. The van der Waals surface area contributed by atoms with Gasteiger partial charge in [0.1, 0.15) is 0 Å². The normalized spacial score (nSPS) is 20.2. The van der Waals surface area contributed by atoms with E-state index in [1.165, 1.54) is 12.5 Å². The molecule has 0 aromatic heterocycles. The van der Waals surface area contributed by atoms with Crippen molar-refractivity contribution in [2.75, 3.05) is 6.54 Å². The highest BCUT2D eigenvalue weighted by Crippen LogP contribution is 2.28. The zero-order valence-electron chi connectivity index (χ0n) is 11.3. The summed E-state index contributed by atoms with van der Waals surface area (Å²) in [5, 5.41) is 13.6. The smallest absolute Gasteiger partial charge is 0.159 e. The molecule has 1 fully saturated rings. The molecule has 1 aromatic carbocycles. The fourth-order valence-corrected chi connectivity index (χ4v) is 2.63. The van der Waals surface area contributed by atoms with E-state index in [2.05, 4.69) is 5.32 Å². The van der Waals surface area contributed by atoms with E-state index in [1.807, 2.05) is 6.92 Å². The van der Waals surface area contributed by atoms with Crippen molar-refractivity contribution >= 4 is 0 Å². The van der Waals surface area contributed by atoms with Gasteiger partial charge in [-0.25, -0.2) is 8.78 Å². The second-order valence-electron chi connectivity index (χ2n) is 5.56. The molecule has 1 aliphatic carbocycles. The van der Waals surface area contributed by atoms with Gasteiger partial charge in [0.25, 0.3) is 0 Å². The van der Waals surface area contributed by atoms with Crippen molar-refractivity contribution < 1.29 is 13.9 Å². The summed E-state index contributed by atoms with van der Waals surface area (Å²) in [5.74, 6) is -1.66. The average molecular weight is 269 g/mol. The van der Waals surface area contributed by atoms with E-state index >= 15 is 0 Å². The molecule has 0 radical (unpaired) electrons. The Morgan fingerprint density at radius 3 is 2.53 bits per heavy atom. The number of aliphatic hydroxyl groups is 1. The van der Waals surface area contributed by atoms with Crippen molar-refractivity contribution in [3.63, 3.8) is 0 Å². The van der Waals surface area contributed by atoms with Gasteiger partial charge in [-0.2, -0.15) is 0 Å². The highest BCUT2D eigenvalue weighted by Gasteiger charge is 2.29. The molecule has 19 heavy (non-hydrogen) atoms. The molecule has 106 valence electrons. The fraction of sp³-hybridized carbons (Fsp3) is 0.600. The molecule has 0 heterocycles. The molecule has 1 unspecified atom stereocenters. The van der Waals surface area contributed by atoms with Crippen LogP contribution in [0.15, 0.2) is 18.2 Å². The summed E-state index contributed by atoms with van der Waals surface area (Å²) in [6, 6.07) is 3.80. The number of rotatable bonds is 4. The predicted octanol–water partition coefficient (Wildman–Crippen LogP) is 3.31. The summed E-state index contributed by atoms with van der Waals surface area (Å²) < 4.78 is 26.0. The fourth-order valence-electron chi connectivity index (χ4n) is 2.63. The van der Waals surface area contributed by atoms with Crippen LogP contribution in [0.3, 0.4) is 0 Å². The third-order valence-corrected chi connectivity index (χ3v) is 3.97. The van der Waals surface area contributed by atoms with Crippen molar-refractivity contribution in [3.8, 4) is 0 Å². The first-order chi connectivity index (χ1) is 9.00. The van der Waals surface area contributed by atoms with Crippen LogP contribution in [0.1, 0.15) is 50.6 Å². The van der Waals surface area contributed by atoms with Gasteiger partial charge in [0.2, 0.25) is 0 Å². The molecule has 0 aliphatic heterocycles. The first-order valence-electron chi connectivity index (χ1n) is 6.91. The standard InChI is InChI=1S/C15H21F2NO/c1-11(12-5-6-13(16)14(17)9-12)18-10-15(19)7-3-2-4-8-15/h5-6,9,11,18-19H,2-4,7-8,10H2,1H3. The van der Waals surface area contributed by atoms with Crippen LogP contribution in [0.4, 0.5) is 8.78 Å². The SMILES string of the molecule is CC(NCC1(O)CCCCC1)c1ccc(F)c(F)c1. The number of halogens is 2. The zero-order valence-corrected chi connectivity index (χ0v) is 11.3. The van der Waals surface area contributed by atoms with Crippen LogP contribution in [0.25, 0.3) is 0 Å². The number of hydrogen-bond donors (Lipinski definition) is 2. The highest BCUT2D eigenvalue weighted by molar-refractivity contribution is 5.20. The first kappa shape index (κ1) is 14.4. The van der Waals surface area contributed by atoms with Gasteiger partial charge >= 0.3 is 0 Å². The Balaban J connectivity index is 1.93. The van der Waals surface area contributed by atoms with Gasteiger partial charge in [-0.1, -0.05) is 25.3 Å². The lowest BCUT2D eigenvalue weighted by Crippen LogP contribution is -2.42. The van der Waals surface area contributed by atoms with E-state index in [1.54, 1.807) is 6.07 Å². The van der Waals surface area contributed by atoms with E-state index in [9.17, 15) is 13.9 Å². The molecule has 0 amide bonds. The van der Waals surface area contributed by atoms with Crippen LogP contribution in [-0.4, -0.2) is 17.3 Å². The van der Waals surface area contributed by atoms with E-state index in [-0.39, 0.29) is 6.04 Å². The van der Waals surface area contributed by atoms with Crippen LogP contribution in [0, 0.1) is 11.6 Å². The van der Waals surface area contributed by atoms with Crippen molar-refractivity contribution in [2.24, 2.45) is 0 Å². The molecule has 1 aliphatic rings. The Morgan fingerprint density at radius 1 is 1.21 bits per heavy atom. The van der Waals surface area contributed by atoms with E-state index in [0.717, 1.165) is 31.7 Å². The number of benzene rings is 1. The topological polar surface area (TPSA) is 32.3 Å². The largest absolute Gasteiger partial charge is 0.389 e. The summed E-state index contributed by atoms with van der Waals surface area (Å²) in [6.45, 7) is 2.38. The van der Waals surface area contributed by atoms with Crippen LogP contribution in [-0.2, 0) is 0 Å². The Kier molecular flexibility index (Phi) is 4.53. The second kappa shape index (κ2) is 5.97. The quantitative estimate of drug-likeness (QED) is 0.879. The van der Waals surface area contributed by atoms with Gasteiger partial charge in [-0.3, -0.25) is 0 Å². The van der Waals surface area contributed by atoms with Crippen LogP contribution in [0.2, 0.25) is 0 Å². The van der Waals surface area contributed by atoms with Gasteiger partial charge in [-0.15, -0.1) is 0 Å². The minimum absolute atomic E-state index is 0.110.